The normalized spacial score (nSPS) is 11.4. The Morgan fingerprint density at radius 3 is 2.48 bits per heavy atom. The molecule has 2 heterocycles. The van der Waals surface area contributed by atoms with Crippen LogP contribution in [0.25, 0.3) is 10.6 Å². The number of hydrogen-bond acceptors (Lipinski definition) is 5. The Hall–Kier alpha value is -2.26. The first-order chi connectivity index (χ1) is 10.9. The predicted octanol–water partition coefficient (Wildman–Crippen LogP) is 4.54. The third kappa shape index (κ3) is 3.40. The Kier molecular flexibility index (Phi) is 4.14. The number of carbonyl (C=O) groups is 1. The van der Waals surface area contributed by atoms with E-state index in [0.29, 0.717) is 10.6 Å². The van der Waals surface area contributed by atoms with Crippen molar-refractivity contribution in [1.29, 1.82) is 0 Å². The second-order valence-corrected chi connectivity index (χ2v) is 6.16. The van der Waals surface area contributed by atoms with Crippen molar-refractivity contribution >= 4 is 34.5 Å². The molecule has 4 nitrogen and oxygen atoms in total. The van der Waals surface area contributed by atoms with E-state index >= 15 is 0 Å². The van der Waals surface area contributed by atoms with Gasteiger partial charge in [0.05, 0.1) is 10.4 Å². The van der Waals surface area contributed by atoms with Crippen molar-refractivity contribution in [1.82, 2.24) is 9.59 Å². The highest BCUT2D eigenvalue weighted by Gasteiger charge is 2.30. The average molecular weight is 355 g/mol. The van der Waals surface area contributed by atoms with E-state index in [9.17, 15) is 18.0 Å². The fraction of sp³-hybridized carbons (Fsp3) is 0.0714. The number of benzene rings is 1. The number of alkyl halides is 3. The molecule has 9 heteroatoms. The molecule has 0 aliphatic rings. The van der Waals surface area contributed by atoms with Crippen LogP contribution in [-0.4, -0.2) is 15.5 Å². The molecule has 1 amide bonds. The van der Waals surface area contributed by atoms with Crippen molar-refractivity contribution in [2.24, 2.45) is 0 Å². The highest BCUT2D eigenvalue weighted by atomic mass is 32.1. The fourth-order valence-electron chi connectivity index (χ4n) is 1.84. The molecule has 1 aromatic carbocycles. The Bertz CT molecular complexity index is 811. The lowest BCUT2D eigenvalue weighted by molar-refractivity contribution is -0.137. The molecule has 2 aromatic heterocycles. The first-order valence-electron chi connectivity index (χ1n) is 6.30. The van der Waals surface area contributed by atoms with E-state index in [1.54, 1.807) is 0 Å². The van der Waals surface area contributed by atoms with Gasteiger partial charge in [0.25, 0.3) is 5.91 Å². The number of thiophene rings is 1. The largest absolute Gasteiger partial charge is 0.416 e. The molecular weight excluding hydrogens is 347 g/mol. The summed E-state index contributed by atoms with van der Waals surface area (Å²) in [6.07, 6.45) is -4.41. The number of nitrogens with zero attached hydrogens (tertiary/aromatic N) is 2. The van der Waals surface area contributed by atoms with Crippen molar-refractivity contribution in [3.8, 4) is 10.6 Å². The van der Waals surface area contributed by atoms with Gasteiger partial charge >= 0.3 is 6.18 Å². The van der Waals surface area contributed by atoms with E-state index in [2.05, 4.69) is 14.9 Å². The molecule has 0 spiro atoms. The molecular formula is C14H8F3N3OS2. The van der Waals surface area contributed by atoms with Gasteiger partial charge in [-0.2, -0.15) is 13.2 Å². The van der Waals surface area contributed by atoms with E-state index in [-0.39, 0.29) is 5.69 Å². The summed E-state index contributed by atoms with van der Waals surface area (Å²) in [5.74, 6) is -0.455. The molecule has 23 heavy (non-hydrogen) atoms. The average Bonchev–Trinajstić information content (AvgIpc) is 3.17. The van der Waals surface area contributed by atoms with Crippen LogP contribution in [0.15, 0.2) is 41.8 Å². The minimum Gasteiger partial charge on any atom is -0.321 e. The topological polar surface area (TPSA) is 54.9 Å². The van der Waals surface area contributed by atoms with Crippen LogP contribution >= 0.6 is 22.9 Å². The van der Waals surface area contributed by atoms with Crippen LogP contribution in [-0.2, 0) is 6.18 Å². The SMILES string of the molecule is O=C(Nc1ccc(C(F)(F)F)cc1)c1snnc1-c1cccs1. The minimum atomic E-state index is -4.41. The zero-order valence-corrected chi connectivity index (χ0v) is 12.9. The van der Waals surface area contributed by atoms with Gasteiger partial charge in [-0.3, -0.25) is 4.79 Å². The van der Waals surface area contributed by atoms with Crippen molar-refractivity contribution in [2.45, 2.75) is 6.18 Å². The molecule has 3 rings (SSSR count). The smallest absolute Gasteiger partial charge is 0.321 e. The van der Waals surface area contributed by atoms with Gasteiger partial charge in [-0.05, 0) is 47.2 Å². The van der Waals surface area contributed by atoms with Crippen LogP contribution in [0.4, 0.5) is 18.9 Å². The Morgan fingerprint density at radius 1 is 1.13 bits per heavy atom. The monoisotopic (exact) mass is 355 g/mol. The first kappa shape index (κ1) is 15.6. The van der Waals surface area contributed by atoms with Gasteiger partial charge in [0.2, 0.25) is 0 Å². The molecule has 0 aliphatic carbocycles. The standard InChI is InChI=1S/C14H8F3N3OS2/c15-14(16,17)8-3-5-9(6-4-8)18-13(21)12-11(19-20-23-12)10-2-1-7-22-10/h1-7H,(H,18,21). The summed E-state index contributed by atoms with van der Waals surface area (Å²) in [6.45, 7) is 0. The summed E-state index contributed by atoms with van der Waals surface area (Å²) in [4.78, 5) is 13.4. The lowest BCUT2D eigenvalue weighted by atomic mass is 10.2. The highest BCUT2D eigenvalue weighted by molar-refractivity contribution is 7.14. The van der Waals surface area contributed by atoms with Gasteiger partial charge in [0.1, 0.15) is 10.6 Å². The van der Waals surface area contributed by atoms with Crippen LogP contribution < -0.4 is 5.32 Å². The van der Waals surface area contributed by atoms with E-state index in [1.165, 1.54) is 23.5 Å². The number of nitrogens with one attached hydrogen (secondary N) is 1. The molecule has 118 valence electrons. The van der Waals surface area contributed by atoms with Crippen molar-refractivity contribution in [2.75, 3.05) is 5.32 Å². The summed E-state index contributed by atoms with van der Waals surface area (Å²) in [5.41, 5.74) is -0.0304. The lowest BCUT2D eigenvalue weighted by Gasteiger charge is -2.08. The Morgan fingerprint density at radius 2 is 1.87 bits per heavy atom. The maximum atomic E-state index is 12.5. The summed E-state index contributed by atoms with van der Waals surface area (Å²) in [5, 5.41) is 8.34. The molecule has 0 atom stereocenters. The number of rotatable bonds is 3. The first-order valence-corrected chi connectivity index (χ1v) is 7.95. The zero-order chi connectivity index (χ0) is 16.4. The number of amides is 1. The van der Waals surface area contributed by atoms with Crippen LogP contribution in [0.3, 0.4) is 0 Å². The van der Waals surface area contributed by atoms with Gasteiger partial charge in [0, 0.05) is 5.69 Å². The van der Waals surface area contributed by atoms with Gasteiger partial charge in [-0.15, -0.1) is 16.4 Å². The number of aromatic nitrogens is 2. The predicted molar refractivity (Wildman–Crippen MR) is 82.6 cm³/mol. The molecule has 0 saturated carbocycles. The number of halogens is 3. The molecule has 0 radical (unpaired) electrons. The molecule has 0 saturated heterocycles. The number of hydrogen-bond donors (Lipinski definition) is 1. The van der Waals surface area contributed by atoms with Crippen LogP contribution in [0.2, 0.25) is 0 Å². The zero-order valence-electron chi connectivity index (χ0n) is 11.3. The van der Waals surface area contributed by atoms with Crippen molar-refractivity contribution < 1.29 is 18.0 Å². The molecule has 0 unspecified atom stereocenters. The van der Waals surface area contributed by atoms with Crippen LogP contribution in [0.1, 0.15) is 15.2 Å². The fourth-order valence-corrected chi connectivity index (χ4v) is 3.20. The van der Waals surface area contributed by atoms with E-state index < -0.39 is 17.6 Å². The van der Waals surface area contributed by atoms with E-state index in [1.807, 2.05) is 17.5 Å². The molecule has 0 bridgehead atoms. The van der Waals surface area contributed by atoms with Crippen molar-refractivity contribution in [3.63, 3.8) is 0 Å². The summed E-state index contributed by atoms with van der Waals surface area (Å²) in [6, 6.07) is 7.90. The van der Waals surface area contributed by atoms with Crippen LogP contribution in [0.5, 0.6) is 0 Å². The summed E-state index contributed by atoms with van der Waals surface area (Å²) < 4.78 is 41.3. The third-order valence-corrected chi connectivity index (χ3v) is 4.52. The molecule has 3 aromatic rings. The van der Waals surface area contributed by atoms with E-state index in [4.69, 9.17) is 0 Å². The van der Waals surface area contributed by atoms with Gasteiger partial charge in [-0.1, -0.05) is 10.6 Å². The Balaban J connectivity index is 1.79. The highest BCUT2D eigenvalue weighted by Crippen LogP contribution is 2.31. The van der Waals surface area contributed by atoms with Crippen LogP contribution in [0, 0.1) is 0 Å². The Labute approximate surface area is 136 Å². The van der Waals surface area contributed by atoms with Crippen molar-refractivity contribution in [3.05, 3.63) is 52.2 Å². The van der Waals surface area contributed by atoms with E-state index in [0.717, 1.165) is 28.5 Å². The molecule has 0 fully saturated rings. The molecule has 0 aliphatic heterocycles. The quantitative estimate of drug-likeness (QED) is 0.751. The van der Waals surface area contributed by atoms with Gasteiger partial charge in [-0.25, -0.2) is 0 Å². The maximum absolute atomic E-state index is 12.5. The lowest BCUT2D eigenvalue weighted by Crippen LogP contribution is -2.12. The second-order valence-electron chi connectivity index (χ2n) is 4.46. The minimum absolute atomic E-state index is 0.272. The second kappa shape index (κ2) is 6.09. The third-order valence-electron chi connectivity index (χ3n) is 2.92. The molecule has 1 N–H and O–H groups in total. The van der Waals surface area contributed by atoms with Gasteiger partial charge in [0.15, 0.2) is 0 Å². The summed E-state index contributed by atoms with van der Waals surface area (Å²) >= 11 is 2.36. The summed E-state index contributed by atoms with van der Waals surface area (Å²) in [7, 11) is 0. The maximum Gasteiger partial charge on any atom is 0.416 e. The number of anilines is 1. The van der Waals surface area contributed by atoms with Gasteiger partial charge < -0.3 is 5.32 Å². The number of carbonyl (C=O) groups excluding carboxylic acids is 1.